The number of hydrogen-bond acceptors (Lipinski definition) is 6. The lowest BCUT2D eigenvalue weighted by Gasteiger charge is -2.34. The maximum atomic E-state index is 13.0. The fraction of sp³-hybridized carbons (Fsp3) is 0.368. The molecule has 0 aliphatic carbocycles. The first-order valence-electron chi connectivity index (χ1n) is 8.79. The van der Waals surface area contributed by atoms with Gasteiger partial charge in [0.05, 0.1) is 10.0 Å². The van der Waals surface area contributed by atoms with Gasteiger partial charge in [-0.2, -0.15) is 0 Å². The minimum absolute atomic E-state index is 0.0679. The van der Waals surface area contributed by atoms with Crippen LogP contribution in [0.15, 0.2) is 28.7 Å². The molecule has 4 heterocycles. The molecule has 0 spiro atoms. The number of carbonyl (C=O) groups is 1. The van der Waals surface area contributed by atoms with Crippen molar-refractivity contribution in [2.24, 2.45) is 0 Å². The number of amides is 1. The number of piperazine rings is 1. The van der Waals surface area contributed by atoms with Gasteiger partial charge in [0, 0.05) is 37.6 Å². The summed E-state index contributed by atoms with van der Waals surface area (Å²) in [4.78, 5) is 23.8. The molecule has 3 aromatic rings. The van der Waals surface area contributed by atoms with Gasteiger partial charge in [-0.05, 0) is 38.1 Å². The molecule has 3 aromatic heterocycles. The molecule has 1 amide bonds. The number of aromatic nitrogens is 1. The molecular weight excluding hydrogens is 402 g/mol. The van der Waals surface area contributed by atoms with Crippen molar-refractivity contribution in [1.29, 1.82) is 0 Å². The van der Waals surface area contributed by atoms with Gasteiger partial charge in [-0.3, -0.25) is 9.69 Å². The van der Waals surface area contributed by atoms with Crippen molar-refractivity contribution >= 4 is 40.2 Å². The molecule has 0 aromatic carbocycles. The molecule has 1 fully saturated rings. The lowest BCUT2D eigenvalue weighted by atomic mass is 10.2. The van der Waals surface area contributed by atoms with E-state index in [1.165, 1.54) is 16.2 Å². The summed E-state index contributed by atoms with van der Waals surface area (Å²) in [6.45, 7) is 7.86. The highest BCUT2D eigenvalue weighted by atomic mass is 35.5. The van der Waals surface area contributed by atoms with Crippen molar-refractivity contribution in [2.45, 2.75) is 20.4 Å². The van der Waals surface area contributed by atoms with Gasteiger partial charge in [-0.25, -0.2) is 4.98 Å². The number of thiazole rings is 1. The van der Waals surface area contributed by atoms with E-state index in [0.717, 1.165) is 59.3 Å². The van der Waals surface area contributed by atoms with Crippen LogP contribution in [0.4, 0.5) is 0 Å². The first kappa shape index (κ1) is 18.7. The highest BCUT2D eigenvalue weighted by Gasteiger charge is 2.26. The Morgan fingerprint density at radius 3 is 2.56 bits per heavy atom. The Hall–Kier alpha value is -1.67. The summed E-state index contributed by atoms with van der Waals surface area (Å²) in [6, 6.07) is 7.82. The average Bonchev–Trinajstić information content (AvgIpc) is 3.35. The zero-order chi connectivity index (χ0) is 19.0. The van der Waals surface area contributed by atoms with E-state index < -0.39 is 0 Å². The molecule has 0 saturated carbocycles. The molecule has 4 rings (SSSR count). The van der Waals surface area contributed by atoms with Gasteiger partial charge < -0.3 is 9.32 Å². The van der Waals surface area contributed by atoms with E-state index in [-0.39, 0.29) is 5.91 Å². The number of carbonyl (C=O) groups excluding carboxylic acids is 1. The highest BCUT2D eigenvalue weighted by molar-refractivity contribution is 7.17. The second-order valence-corrected chi connectivity index (χ2v) is 9.42. The summed E-state index contributed by atoms with van der Waals surface area (Å²) in [5.41, 5.74) is 0.768. The van der Waals surface area contributed by atoms with Crippen LogP contribution in [-0.2, 0) is 6.54 Å². The van der Waals surface area contributed by atoms with E-state index in [1.54, 1.807) is 11.3 Å². The summed E-state index contributed by atoms with van der Waals surface area (Å²) in [6.07, 6.45) is 0. The van der Waals surface area contributed by atoms with Crippen LogP contribution in [0, 0.1) is 13.8 Å². The van der Waals surface area contributed by atoms with E-state index in [9.17, 15) is 4.79 Å². The Morgan fingerprint density at radius 2 is 1.93 bits per heavy atom. The molecule has 0 N–H and O–H groups in total. The minimum atomic E-state index is 0.0679. The molecule has 8 heteroatoms. The SMILES string of the molecule is Cc1ccc(-c2nc(C)c(C(=O)N3CCN(Cc4ccc(Cl)s4)CC3)s2)o1. The van der Waals surface area contributed by atoms with Crippen molar-refractivity contribution in [2.75, 3.05) is 26.2 Å². The predicted octanol–water partition coefficient (Wildman–Crippen LogP) is 4.69. The van der Waals surface area contributed by atoms with Gasteiger partial charge in [0.1, 0.15) is 10.6 Å². The minimum Gasteiger partial charge on any atom is -0.459 e. The maximum Gasteiger partial charge on any atom is 0.265 e. The number of rotatable bonds is 4. The summed E-state index contributed by atoms with van der Waals surface area (Å²) in [7, 11) is 0. The summed E-state index contributed by atoms with van der Waals surface area (Å²) < 4.78 is 6.46. The Bertz CT molecular complexity index is 954. The largest absolute Gasteiger partial charge is 0.459 e. The van der Waals surface area contributed by atoms with Crippen LogP contribution in [0.25, 0.3) is 10.8 Å². The summed E-state index contributed by atoms with van der Waals surface area (Å²) in [5, 5.41) is 0.761. The van der Waals surface area contributed by atoms with Crippen LogP contribution < -0.4 is 0 Å². The molecule has 1 aliphatic heterocycles. The number of aryl methyl sites for hydroxylation is 2. The predicted molar refractivity (Wildman–Crippen MR) is 110 cm³/mol. The lowest BCUT2D eigenvalue weighted by Crippen LogP contribution is -2.48. The average molecular weight is 422 g/mol. The number of nitrogens with zero attached hydrogens (tertiary/aromatic N) is 3. The van der Waals surface area contributed by atoms with Crippen LogP contribution in [0.1, 0.15) is 26.0 Å². The van der Waals surface area contributed by atoms with Crippen molar-refractivity contribution in [1.82, 2.24) is 14.8 Å². The fourth-order valence-electron chi connectivity index (χ4n) is 3.16. The Balaban J connectivity index is 1.40. The smallest absolute Gasteiger partial charge is 0.265 e. The van der Waals surface area contributed by atoms with Gasteiger partial charge in [-0.15, -0.1) is 22.7 Å². The second kappa shape index (κ2) is 7.75. The molecule has 5 nitrogen and oxygen atoms in total. The van der Waals surface area contributed by atoms with Crippen molar-refractivity contribution in [3.8, 4) is 10.8 Å². The number of hydrogen-bond donors (Lipinski definition) is 0. The molecule has 0 radical (unpaired) electrons. The molecule has 0 bridgehead atoms. The quantitative estimate of drug-likeness (QED) is 0.613. The molecule has 0 unspecified atom stereocenters. The number of thiophene rings is 1. The van der Waals surface area contributed by atoms with Crippen molar-refractivity contribution in [3.63, 3.8) is 0 Å². The van der Waals surface area contributed by atoms with Crippen LogP contribution in [0.2, 0.25) is 4.34 Å². The molecule has 27 heavy (non-hydrogen) atoms. The third-order valence-electron chi connectivity index (χ3n) is 4.61. The molecule has 142 valence electrons. The van der Waals surface area contributed by atoms with Crippen molar-refractivity contribution in [3.05, 3.63) is 49.8 Å². The van der Waals surface area contributed by atoms with Gasteiger partial charge >= 0.3 is 0 Å². The summed E-state index contributed by atoms with van der Waals surface area (Å²) in [5.74, 6) is 1.63. The van der Waals surface area contributed by atoms with E-state index in [1.807, 2.05) is 36.9 Å². The molecule has 0 atom stereocenters. The Labute approximate surface area is 171 Å². The normalized spacial score (nSPS) is 15.4. The monoisotopic (exact) mass is 421 g/mol. The van der Waals surface area contributed by atoms with Gasteiger partial charge in [0.15, 0.2) is 10.8 Å². The van der Waals surface area contributed by atoms with Crippen LogP contribution in [0.5, 0.6) is 0 Å². The molecule has 1 saturated heterocycles. The van der Waals surface area contributed by atoms with E-state index in [4.69, 9.17) is 16.0 Å². The highest BCUT2D eigenvalue weighted by Crippen LogP contribution is 2.30. The first-order chi connectivity index (χ1) is 13.0. The third-order valence-corrected chi connectivity index (χ3v) is 6.99. The van der Waals surface area contributed by atoms with Crippen LogP contribution >= 0.6 is 34.3 Å². The van der Waals surface area contributed by atoms with Gasteiger partial charge in [-0.1, -0.05) is 11.6 Å². The maximum absolute atomic E-state index is 13.0. The lowest BCUT2D eigenvalue weighted by molar-refractivity contribution is 0.0633. The first-order valence-corrected chi connectivity index (χ1v) is 10.8. The zero-order valence-electron chi connectivity index (χ0n) is 15.2. The van der Waals surface area contributed by atoms with E-state index >= 15 is 0 Å². The van der Waals surface area contributed by atoms with E-state index in [0.29, 0.717) is 4.88 Å². The topological polar surface area (TPSA) is 49.6 Å². The number of furan rings is 1. The van der Waals surface area contributed by atoms with E-state index in [2.05, 4.69) is 16.0 Å². The summed E-state index contributed by atoms with van der Waals surface area (Å²) >= 11 is 9.04. The van der Waals surface area contributed by atoms with Crippen LogP contribution in [0.3, 0.4) is 0 Å². The van der Waals surface area contributed by atoms with Crippen LogP contribution in [-0.4, -0.2) is 46.9 Å². The standard InChI is InChI=1S/C19H20ClN3O2S2/c1-12-3-5-15(25-12)18-21-13(2)17(27-18)19(24)23-9-7-22(8-10-23)11-14-4-6-16(20)26-14/h3-6H,7-11H2,1-2H3. The van der Waals surface area contributed by atoms with Gasteiger partial charge in [0.2, 0.25) is 0 Å². The Kier molecular flexibility index (Phi) is 5.36. The second-order valence-electron chi connectivity index (χ2n) is 6.62. The molecular formula is C19H20ClN3O2S2. The van der Waals surface area contributed by atoms with Crippen molar-refractivity contribution < 1.29 is 9.21 Å². The van der Waals surface area contributed by atoms with Gasteiger partial charge in [0.25, 0.3) is 5.91 Å². The number of halogens is 1. The zero-order valence-corrected chi connectivity index (χ0v) is 17.6. The Morgan fingerprint density at radius 1 is 1.15 bits per heavy atom. The third kappa shape index (κ3) is 4.11. The fourth-order valence-corrected chi connectivity index (χ4v) is 5.29. The molecule has 1 aliphatic rings.